The van der Waals surface area contributed by atoms with Gasteiger partial charge in [0.25, 0.3) is 0 Å². The van der Waals surface area contributed by atoms with E-state index >= 15 is 0 Å². The number of thiazole rings is 2. The van der Waals surface area contributed by atoms with Crippen molar-refractivity contribution in [1.29, 1.82) is 0 Å². The van der Waals surface area contributed by atoms with Crippen molar-refractivity contribution in [3.63, 3.8) is 0 Å². The molecule has 0 amide bonds. The first kappa shape index (κ1) is 76.1. The Balaban J connectivity index is 0.000000469. The Labute approximate surface area is 522 Å². The first-order valence-electron chi connectivity index (χ1n) is 26.9. The number of hydrogen-bond acceptors (Lipinski definition) is 29. The van der Waals surface area contributed by atoms with Crippen LogP contribution in [0.1, 0.15) is 128 Å². The fraction of sp³-hybridized carbons (Fsp3) is 0.527. The van der Waals surface area contributed by atoms with Crippen LogP contribution in [-0.2, 0) is 18.8 Å². The maximum Gasteiger partial charge on any atom is 0.223 e. The third-order valence-electron chi connectivity index (χ3n) is 9.28. The van der Waals surface area contributed by atoms with Gasteiger partial charge in [-0.15, -0.1) is 27.8 Å². The van der Waals surface area contributed by atoms with Crippen LogP contribution in [-0.4, -0.2) is 144 Å². The minimum atomic E-state index is 0.623. The van der Waals surface area contributed by atoms with E-state index in [-0.39, 0.29) is 0 Å². The van der Waals surface area contributed by atoms with Crippen molar-refractivity contribution in [1.82, 2.24) is 98.5 Å². The lowest BCUT2D eigenvalue weighted by Gasteiger charge is -2.19. The fourth-order valence-electron chi connectivity index (χ4n) is 5.98. The minimum Gasteiger partial charge on any atom is -0.478 e. The minimum absolute atomic E-state index is 0.623. The molecule has 0 unspecified atom stereocenters. The monoisotopic (exact) mass is 1260 g/mol. The summed E-state index contributed by atoms with van der Waals surface area (Å²) >= 11 is 6.27. The second kappa shape index (κ2) is 42.8. The molecule has 12 heterocycles. The van der Waals surface area contributed by atoms with E-state index < -0.39 is 0 Å². The Morgan fingerprint density at radius 1 is 0.419 bits per heavy atom. The third kappa shape index (κ3) is 41.2. The summed E-state index contributed by atoms with van der Waals surface area (Å²) in [5.74, 6) is 8.26. The van der Waals surface area contributed by atoms with Gasteiger partial charge in [0.15, 0.2) is 23.4 Å². The smallest absolute Gasteiger partial charge is 0.223 e. The van der Waals surface area contributed by atoms with Crippen molar-refractivity contribution in [3.8, 4) is 0 Å². The van der Waals surface area contributed by atoms with Gasteiger partial charge in [0.2, 0.25) is 17.7 Å². The largest absolute Gasteiger partial charge is 0.478 e. The number of nitrogens with zero attached hydrogens (tertiary/aromatic N) is 22. The van der Waals surface area contributed by atoms with Crippen LogP contribution < -0.4 is 0 Å². The number of ether oxygens (including phenoxy) is 1. The van der Waals surface area contributed by atoms with Crippen LogP contribution in [0.15, 0.2) is 64.0 Å². The van der Waals surface area contributed by atoms with Gasteiger partial charge in [-0.25, -0.2) is 39.9 Å². The van der Waals surface area contributed by atoms with Gasteiger partial charge in [-0.05, 0) is 140 Å². The van der Waals surface area contributed by atoms with E-state index in [0.29, 0.717) is 23.4 Å². The van der Waals surface area contributed by atoms with Crippen molar-refractivity contribution in [2.75, 3.05) is 33.8 Å². The molecule has 0 saturated carbocycles. The average Bonchev–Trinajstić information content (AvgIpc) is 4.34. The quantitative estimate of drug-likeness (QED) is 0.136. The van der Waals surface area contributed by atoms with Gasteiger partial charge in [0.05, 0.1) is 27.9 Å². The summed E-state index contributed by atoms with van der Waals surface area (Å²) in [6.45, 7) is 40.7. The third-order valence-corrected chi connectivity index (χ3v) is 12.5. The van der Waals surface area contributed by atoms with Crippen LogP contribution in [0.2, 0.25) is 0 Å². The number of aryl methyl sites for hydroxylation is 20. The summed E-state index contributed by atoms with van der Waals surface area (Å²) in [7, 11) is 7.65. The van der Waals surface area contributed by atoms with Gasteiger partial charge in [-0.3, -0.25) is 14.4 Å². The van der Waals surface area contributed by atoms with Gasteiger partial charge in [-0.1, -0.05) is 10.3 Å². The maximum atomic E-state index is 5.06. The molecule has 0 bridgehead atoms. The van der Waals surface area contributed by atoms with Crippen molar-refractivity contribution < 1.29 is 22.6 Å². The molecule has 86 heavy (non-hydrogen) atoms. The second-order valence-corrected chi connectivity index (χ2v) is 22.6. The van der Waals surface area contributed by atoms with E-state index in [1.807, 2.05) is 142 Å². The summed E-state index contributed by atoms with van der Waals surface area (Å²) in [6, 6.07) is 0. The van der Waals surface area contributed by atoms with Gasteiger partial charge in [-0.2, -0.15) is 34.0 Å². The summed E-state index contributed by atoms with van der Waals surface area (Å²) in [5, 5.41) is 35.5. The van der Waals surface area contributed by atoms with Crippen molar-refractivity contribution in [3.05, 3.63) is 137 Å². The molecule has 0 saturated heterocycles. The first-order chi connectivity index (χ1) is 40.5. The molecular formula is C55H88N22O5S4. The second-order valence-electron chi connectivity index (χ2n) is 18.6. The highest BCUT2D eigenvalue weighted by Crippen LogP contribution is 2.07. The molecule has 10 aromatic heterocycles. The molecular weight excluding hydrogens is 1180 g/mol. The first-order valence-corrected chi connectivity index (χ1v) is 30.2. The predicted octanol–water partition coefficient (Wildman–Crippen LogP) is 11.4. The van der Waals surface area contributed by atoms with Crippen LogP contribution in [0, 0.1) is 125 Å². The molecule has 472 valence electrons. The van der Waals surface area contributed by atoms with Crippen molar-refractivity contribution >= 4 is 57.3 Å². The van der Waals surface area contributed by atoms with Crippen LogP contribution in [0.3, 0.4) is 0 Å². The van der Waals surface area contributed by atoms with E-state index in [1.165, 1.54) is 41.6 Å². The SMILES string of the molecule is CC1=NN(C)CCC1.CC1=NN(C)CCO1.Cc1coc(C)n1.Cc1coc(C)n1.Cc1csc(C)n1.Cc1csc(C)n1.Cc1ncn(C)n1.Cc1ncn(C)n1.Cc1noc(C)n1.Cc1noc(C)n1.Cc1nsc(C)n1.Cc1nsc(C)n1. The van der Waals surface area contributed by atoms with Gasteiger partial charge in [0.1, 0.15) is 65.1 Å². The van der Waals surface area contributed by atoms with Crippen LogP contribution in [0.4, 0.5) is 0 Å². The van der Waals surface area contributed by atoms with E-state index in [0.717, 1.165) is 103 Å². The lowest BCUT2D eigenvalue weighted by atomic mass is 10.2. The van der Waals surface area contributed by atoms with Crippen molar-refractivity contribution in [2.45, 2.75) is 151 Å². The predicted molar refractivity (Wildman–Crippen MR) is 340 cm³/mol. The van der Waals surface area contributed by atoms with E-state index in [2.05, 4.69) is 116 Å². The summed E-state index contributed by atoms with van der Waals surface area (Å²) in [4.78, 5) is 39.6. The number of oxazole rings is 2. The number of hydrazone groups is 2. The highest BCUT2D eigenvalue weighted by molar-refractivity contribution is 7.09. The zero-order valence-electron chi connectivity index (χ0n) is 54.5. The number of hydrogen-bond donors (Lipinski definition) is 0. The molecule has 2 aliphatic rings. The van der Waals surface area contributed by atoms with E-state index in [4.69, 9.17) is 13.6 Å². The Morgan fingerprint density at radius 2 is 0.837 bits per heavy atom. The Bertz CT molecular complexity index is 2550. The highest BCUT2D eigenvalue weighted by Gasteiger charge is 2.03. The number of rotatable bonds is 0. The normalized spacial score (nSPS) is 11.4. The molecule has 2 aliphatic heterocycles. The van der Waals surface area contributed by atoms with Gasteiger partial charge in [0, 0.05) is 97.2 Å². The molecule has 27 nitrogen and oxygen atoms in total. The van der Waals surface area contributed by atoms with Crippen LogP contribution >= 0.6 is 45.7 Å². The van der Waals surface area contributed by atoms with Crippen LogP contribution in [0.5, 0.6) is 0 Å². The van der Waals surface area contributed by atoms with Gasteiger partial charge >= 0.3 is 0 Å². The molecule has 0 spiro atoms. The highest BCUT2D eigenvalue weighted by atomic mass is 32.1. The van der Waals surface area contributed by atoms with Crippen LogP contribution in [0.25, 0.3) is 0 Å². The van der Waals surface area contributed by atoms with E-state index in [9.17, 15) is 0 Å². The molecule has 0 radical (unpaired) electrons. The molecule has 12 rings (SSSR count). The Morgan fingerprint density at radius 3 is 0.965 bits per heavy atom. The number of likely N-dealkylation sites (N-methyl/N-ethyl adjacent to an activating group) is 1. The average molecular weight is 1270 g/mol. The zero-order valence-corrected chi connectivity index (χ0v) is 57.8. The molecule has 0 atom stereocenters. The summed E-state index contributed by atoms with van der Waals surface area (Å²) in [5.41, 5.74) is 5.40. The lowest BCUT2D eigenvalue weighted by molar-refractivity contribution is 0.189. The van der Waals surface area contributed by atoms with Crippen molar-refractivity contribution in [2.24, 2.45) is 24.3 Å². The zero-order chi connectivity index (χ0) is 64.7. The molecule has 0 fully saturated rings. The molecule has 0 aromatic carbocycles. The Kier molecular flexibility index (Phi) is 37.9. The Hall–Kier alpha value is -7.90. The molecule has 0 aliphatic carbocycles. The van der Waals surface area contributed by atoms with Gasteiger partial charge < -0.3 is 27.6 Å². The standard InChI is InChI=1S/C6H12N2.C5H10N2O.2C5H7NO.2C5H7NS.2C4H7N3.2C4H6N2O.2C4H6N2S/c1-6-4-3-5-8(2)7-6;1-5-6-7(2)3-4-8-5;4*1-4-3-7-5(2)6-4;2*1-4-5-3-7(2)6-4;4*1-3-5-4(2)7-6-3/h3-5H2,1-2H3;3-4H2,1-2H3;6*3H,1-2H3;4*1-2H3. The summed E-state index contributed by atoms with van der Waals surface area (Å²) < 4.78 is 35.2. The fourth-order valence-corrected chi connectivity index (χ4v) is 8.12. The number of aromatic nitrogens is 18. The molecule has 0 N–H and O–H groups in total. The van der Waals surface area contributed by atoms with E-state index in [1.54, 1.807) is 84.9 Å². The summed E-state index contributed by atoms with van der Waals surface area (Å²) in [6.07, 6.45) is 9.07. The lowest BCUT2D eigenvalue weighted by Crippen LogP contribution is -2.25. The topological polar surface area (TPSA) is 309 Å². The molecule has 10 aromatic rings. The maximum absolute atomic E-state index is 5.06. The molecule has 31 heteroatoms.